The Morgan fingerprint density at radius 2 is 1.30 bits per heavy atom. The SMILES string of the molecule is CC(C)(C)c1cc(CC(=O)Cc2ccc(O)cc2F)n(-c2c[c-]ccc2)n1.CC(C)(C)c1cc(OC#N)n(-c2c[c-]ccc2)n1.Nc1ccc(O)cc1F.[Y].[Y]. The van der Waals surface area contributed by atoms with Crippen molar-refractivity contribution in [3.63, 3.8) is 0 Å². The Bertz CT molecular complexity index is 2230. The summed E-state index contributed by atoms with van der Waals surface area (Å²) in [6.45, 7) is 12.4. The van der Waals surface area contributed by atoms with Crippen molar-refractivity contribution in [3.05, 3.63) is 143 Å². The van der Waals surface area contributed by atoms with Crippen LogP contribution in [0, 0.1) is 35.3 Å². The molecule has 2 aromatic heterocycles. The second-order valence-electron chi connectivity index (χ2n) is 14.3. The molecule has 6 aromatic rings. The number of halogens is 2. The largest absolute Gasteiger partial charge is 0.508 e. The molecule has 0 bridgehead atoms. The maximum atomic E-state index is 13.9. The minimum atomic E-state index is -0.588. The minimum absolute atomic E-state index is 0. The molecule has 0 saturated carbocycles. The number of nitrogen functional groups attached to an aromatic ring is 1. The van der Waals surface area contributed by atoms with E-state index in [1.54, 1.807) is 33.8 Å². The molecule has 0 unspecified atom stereocenters. The van der Waals surface area contributed by atoms with E-state index >= 15 is 0 Å². The van der Waals surface area contributed by atoms with Gasteiger partial charge in [0.15, 0.2) is 0 Å². The van der Waals surface area contributed by atoms with Gasteiger partial charge in [0, 0.05) is 113 Å². The van der Waals surface area contributed by atoms with Gasteiger partial charge in [-0.05, 0) is 41.2 Å². The van der Waals surface area contributed by atoms with E-state index in [0.717, 1.165) is 40.6 Å². The van der Waals surface area contributed by atoms with Crippen LogP contribution in [0.25, 0.3) is 11.4 Å². The molecule has 0 fully saturated rings. The molecule has 2 heterocycles. The van der Waals surface area contributed by atoms with E-state index in [-0.39, 0.29) is 118 Å². The molecule has 56 heavy (non-hydrogen) atoms. The first-order valence-corrected chi connectivity index (χ1v) is 16.9. The summed E-state index contributed by atoms with van der Waals surface area (Å²) in [5, 5.41) is 35.8. The van der Waals surface area contributed by atoms with Crippen molar-refractivity contribution < 1.29 is 93.9 Å². The molecule has 6 rings (SSSR count). The van der Waals surface area contributed by atoms with Crippen LogP contribution in [0.5, 0.6) is 17.4 Å². The van der Waals surface area contributed by atoms with Gasteiger partial charge in [-0.25, -0.2) is 8.78 Å². The number of hydrogen-bond acceptors (Lipinski definition) is 8. The Morgan fingerprint density at radius 1 is 0.786 bits per heavy atom. The number of anilines is 1. The Kier molecular flexibility index (Phi) is 18.2. The van der Waals surface area contributed by atoms with E-state index in [1.807, 2.05) is 42.5 Å². The number of carbonyl (C=O) groups is 1. The van der Waals surface area contributed by atoms with Crippen molar-refractivity contribution in [2.24, 2.45) is 0 Å². The van der Waals surface area contributed by atoms with Gasteiger partial charge in [-0.2, -0.15) is 58.7 Å². The summed E-state index contributed by atoms with van der Waals surface area (Å²) >= 11 is 0. The number of rotatable bonds is 7. The minimum Gasteiger partial charge on any atom is -0.508 e. The van der Waals surface area contributed by atoms with Gasteiger partial charge >= 0.3 is 0 Å². The summed E-state index contributed by atoms with van der Waals surface area (Å²) in [7, 11) is 0. The van der Waals surface area contributed by atoms with E-state index in [2.05, 4.69) is 63.9 Å². The van der Waals surface area contributed by atoms with E-state index in [9.17, 15) is 18.7 Å². The fraction of sp³-hybridized carbons (Fsp3) is 0.238. The van der Waals surface area contributed by atoms with E-state index in [4.69, 9.17) is 20.8 Å². The molecular formula is C42H42F2N6O4Y2-2. The maximum Gasteiger partial charge on any atom is 0.293 e. The van der Waals surface area contributed by atoms with Crippen LogP contribution in [-0.2, 0) is 93.9 Å². The first-order valence-electron chi connectivity index (χ1n) is 16.9. The Balaban J connectivity index is 0.000000321. The van der Waals surface area contributed by atoms with E-state index < -0.39 is 11.6 Å². The topological polar surface area (TPSA) is 152 Å². The molecule has 14 heteroatoms. The van der Waals surface area contributed by atoms with Gasteiger partial charge in [0.1, 0.15) is 28.9 Å². The van der Waals surface area contributed by atoms with Gasteiger partial charge in [-0.1, -0.05) is 47.6 Å². The predicted molar refractivity (Wildman–Crippen MR) is 201 cm³/mol. The summed E-state index contributed by atoms with van der Waals surface area (Å²) < 4.78 is 34.5. The van der Waals surface area contributed by atoms with Gasteiger partial charge in [0.2, 0.25) is 5.88 Å². The summed E-state index contributed by atoms with van der Waals surface area (Å²) in [6, 6.07) is 31.9. The number of aromatic hydroxyl groups is 2. The first-order chi connectivity index (χ1) is 25.5. The number of hydrogen-bond donors (Lipinski definition) is 3. The van der Waals surface area contributed by atoms with Gasteiger partial charge in [0.25, 0.3) is 6.26 Å². The Labute approximate surface area is 376 Å². The maximum absolute atomic E-state index is 13.9. The molecule has 0 aliphatic rings. The Hall–Kier alpha value is -4.27. The number of nitriles is 1. The number of phenolic OH excluding ortho intramolecular Hbond substituents is 2. The average Bonchev–Trinajstić information content (AvgIpc) is 3.75. The molecule has 0 aliphatic carbocycles. The summed E-state index contributed by atoms with van der Waals surface area (Å²) in [5.74, 6) is -1.14. The van der Waals surface area contributed by atoms with Crippen LogP contribution in [0.15, 0.2) is 97.1 Å². The summed E-state index contributed by atoms with van der Waals surface area (Å²) in [4.78, 5) is 12.6. The molecular weight excluding hydrogens is 868 g/mol. The molecule has 0 spiro atoms. The molecule has 0 saturated heterocycles. The number of benzene rings is 4. The van der Waals surface area contributed by atoms with Crippen LogP contribution in [0.1, 0.15) is 64.2 Å². The predicted octanol–water partition coefficient (Wildman–Crippen LogP) is 8.11. The van der Waals surface area contributed by atoms with Crippen molar-refractivity contribution in [1.82, 2.24) is 19.6 Å². The molecule has 2 radical (unpaired) electrons. The number of phenols is 2. The third-order valence-corrected chi connectivity index (χ3v) is 7.80. The Morgan fingerprint density at radius 3 is 1.79 bits per heavy atom. The summed E-state index contributed by atoms with van der Waals surface area (Å²) in [5.41, 5.74) is 9.31. The fourth-order valence-electron chi connectivity index (χ4n) is 4.87. The third-order valence-electron chi connectivity index (χ3n) is 7.80. The van der Waals surface area contributed by atoms with Crippen LogP contribution >= 0.6 is 0 Å². The van der Waals surface area contributed by atoms with Crippen LogP contribution in [0.3, 0.4) is 0 Å². The van der Waals surface area contributed by atoms with Crippen LogP contribution in [0.2, 0.25) is 0 Å². The number of aromatic nitrogens is 4. The smallest absolute Gasteiger partial charge is 0.293 e. The molecule has 0 aliphatic heterocycles. The number of ketones is 1. The molecule has 4 N–H and O–H groups in total. The quantitative estimate of drug-likeness (QED) is 0.0629. The van der Waals surface area contributed by atoms with Crippen molar-refractivity contribution >= 4 is 11.5 Å². The number of nitrogens with two attached hydrogens (primary N) is 1. The number of Topliss-reactive ketones (excluding diaryl/α,β-unsaturated/α-hetero) is 1. The summed E-state index contributed by atoms with van der Waals surface area (Å²) in [6.07, 6.45) is 1.79. The molecule has 0 atom stereocenters. The number of nitrogens with zero attached hydrogens (tertiary/aromatic N) is 5. The van der Waals surface area contributed by atoms with Crippen molar-refractivity contribution in [2.75, 3.05) is 5.73 Å². The molecule has 0 amide bonds. The third kappa shape index (κ3) is 13.7. The average molecular weight is 911 g/mol. The second-order valence-corrected chi connectivity index (χ2v) is 14.3. The zero-order chi connectivity index (χ0) is 39.6. The number of carbonyl (C=O) groups excluding carboxylic acids is 1. The van der Waals surface area contributed by atoms with Gasteiger partial charge in [0.05, 0.1) is 17.1 Å². The van der Waals surface area contributed by atoms with E-state index in [0.29, 0.717) is 5.88 Å². The number of ether oxygens (including phenoxy) is 1. The van der Waals surface area contributed by atoms with Gasteiger partial charge in [-0.3, -0.25) is 14.2 Å². The van der Waals surface area contributed by atoms with Crippen molar-refractivity contribution in [2.45, 2.75) is 65.2 Å². The van der Waals surface area contributed by atoms with Crippen LogP contribution in [0.4, 0.5) is 14.5 Å². The zero-order valence-electron chi connectivity index (χ0n) is 32.1. The molecule has 4 aromatic carbocycles. The van der Waals surface area contributed by atoms with Crippen molar-refractivity contribution in [3.8, 4) is 35.0 Å². The fourth-order valence-corrected chi connectivity index (χ4v) is 4.87. The van der Waals surface area contributed by atoms with Crippen LogP contribution < -0.4 is 10.5 Å². The van der Waals surface area contributed by atoms with Gasteiger partial charge < -0.3 is 20.7 Å². The zero-order valence-corrected chi connectivity index (χ0v) is 37.8. The normalized spacial score (nSPS) is 10.6. The standard InChI is InChI=1S/C22H22FN2O2.C14H14N3O.C6H6FNO.2Y/c1-22(2,3)21-13-17(25(24-21)16-7-5-4-6-8-16)12-19(27)11-15-9-10-18(26)14-20(15)23;1-14(2,3)12-9-13(18-10-15)17(16-12)11-7-5-4-6-8-11;7-5-3-4(9)1-2-6(5)8;;/h4-5,7-10,13-14,26H,11-12H2,1-3H3;4-5,7-9H,1-3H3;1-3,9H,8H2;;/q2*-1;;;. The van der Waals surface area contributed by atoms with E-state index in [1.165, 1.54) is 24.3 Å². The second kappa shape index (κ2) is 21.3. The van der Waals surface area contributed by atoms with Crippen molar-refractivity contribution in [1.29, 1.82) is 5.26 Å². The molecule has 10 nitrogen and oxygen atoms in total. The monoisotopic (exact) mass is 910 g/mol. The van der Waals surface area contributed by atoms with Crippen LogP contribution in [-0.4, -0.2) is 35.6 Å². The van der Waals surface area contributed by atoms with Gasteiger partial charge in [-0.15, -0.1) is 17.4 Å². The first kappa shape index (κ1) is 47.9. The molecule has 286 valence electrons.